The van der Waals surface area contributed by atoms with Gasteiger partial charge in [-0.3, -0.25) is 9.69 Å². The minimum atomic E-state index is -0.293. The van der Waals surface area contributed by atoms with Crippen LogP contribution in [-0.4, -0.2) is 10.9 Å². The van der Waals surface area contributed by atoms with Gasteiger partial charge in [0, 0.05) is 5.92 Å². The molecule has 2 aromatic heterocycles. The van der Waals surface area contributed by atoms with Crippen LogP contribution < -0.4 is 4.90 Å². The fraction of sp³-hybridized carbons (Fsp3) is 0.368. The van der Waals surface area contributed by atoms with E-state index in [4.69, 9.17) is 4.42 Å². The second-order valence-corrected chi connectivity index (χ2v) is 7.46. The summed E-state index contributed by atoms with van der Waals surface area (Å²) in [4.78, 5) is 19.4. The Kier molecular flexibility index (Phi) is 4.53. The summed E-state index contributed by atoms with van der Waals surface area (Å²) in [6.45, 7) is 0.352. The molecule has 1 amide bonds. The average molecular weight is 358 g/mol. The number of furan rings is 1. The molecule has 0 N–H and O–H groups in total. The largest absolute Gasteiger partial charge is 0.467 e. The number of nitrogens with zero attached hydrogens (tertiary/aromatic N) is 2. The zero-order valence-electron chi connectivity index (χ0n) is 13.8. The van der Waals surface area contributed by atoms with Gasteiger partial charge in [0.05, 0.1) is 23.0 Å². The van der Waals surface area contributed by atoms with Gasteiger partial charge in [0.25, 0.3) is 0 Å². The maximum Gasteiger partial charge on any atom is 0.232 e. The highest BCUT2D eigenvalue weighted by molar-refractivity contribution is 7.22. The molecule has 0 saturated heterocycles. The zero-order valence-corrected chi connectivity index (χ0v) is 14.6. The molecule has 3 aromatic rings. The van der Waals surface area contributed by atoms with Crippen LogP contribution in [0.15, 0.2) is 41.0 Å². The number of halogens is 1. The summed E-state index contributed by atoms with van der Waals surface area (Å²) in [5, 5.41) is 0.604. The minimum absolute atomic E-state index is 0.0347. The van der Waals surface area contributed by atoms with Crippen molar-refractivity contribution in [2.24, 2.45) is 5.92 Å². The summed E-state index contributed by atoms with van der Waals surface area (Å²) in [5.41, 5.74) is 0.710. The molecular weight excluding hydrogens is 339 g/mol. The normalized spacial score (nSPS) is 15.6. The second-order valence-electron chi connectivity index (χ2n) is 6.45. The number of carbonyl (C=O) groups is 1. The van der Waals surface area contributed by atoms with Crippen LogP contribution >= 0.6 is 11.3 Å². The summed E-state index contributed by atoms with van der Waals surface area (Å²) in [6.07, 6.45) is 6.83. The summed E-state index contributed by atoms with van der Waals surface area (Å²) in [6, 6.07) is 8.18. The molecule has 0 radical (unpaired) electrons. The van der Waals surface area contributed by atoms with E-state index in [-0.39, 0.29) is 17.6 Å². The van der Waals surface area contributed by atoms with Crippen molar-refractivity contribution in [3.8, 4) is 0 Å². The van der Waals surface area contributed by atoms with Gasteiger partial charge >= 0.3 is 0 Å². The first kappa shape index (κ1) is 16.3. The molecule has 6 heteroatoms. The lowest BCUT2D eigenvalue weighted by Gasteiger charge is -2.27. The van der Waals surface area contributed by atoms with Gasteiger partial charge in [0.15, 0.2) is 5.13 Å². The van der Waals surface area contributed by atoms with Gasteiger partial charge in [0.2, 0.25) is 5.91 Å². The number of fused-ring (bicyclic) bond motifs is 1. The van der Waals surface area contributed by atoms with Gasteiger partial charge in [-0.05, 0) is 43.2 Å². The van der Waals surface area contributed by atoms with E-state index in [0.29, 0.717) is 17.2 Å². The molecule has 0 bridgehead atoms. The van der Waals surface area contributed by atoms with Gasteiger partial charge in [-0.15, -0.1) is 0 Å². The Bertz CT molecular complexity index is 869. The van der Waals surface area contributed by atoms with Gasteiger partial charge in [-0.25, -0.2) is 9.37 Å². The second kappa shape index (κ2) is 6.96. The third-order valence-electron chi connectivity index (χ3n) is 4.68. The number of hydrogen-bond donors (Lipinski definition) is 0. The molecule has 0 atom stereocenters. The Morgan fingerprint density at radius 2 is 2.12 bits per heavy atom. The molecule has 2 heterocycles. The number of amides is 1. The number of thiazole rings is 1. The highest BCUT2D eigenvalue weighted by Gasteiger charge is 2.29. The van der Waals surface area contributed by atoms with E-state index in [1.165, 1.54) is 29.9 Å². The van der Waals surface area contributed by atoms with Crippen molar-refractivity contribution in [3.05, 3.63) is 48.2 Å². The highest BCUT2D eigenvalue weighted by Crippen LogP contribution is 2.33. The predicted octanol–water partition coefficient (Wildman–Crippen LogP) is 5.14. The Balaban J connectivity index is 1.68. The third-order valence-corrected chi connectivity index (χ3v) is 5.73. The number of benzene rings is 1. The van der Waals surface area contributed by atoms with Crippen LogP contribution in [0.1, 0.15) is 37.9 Å². The molecule has 0 spiro atoms. The van der Waals surface area contributed by atoms with Crippen molar-refractivity contribution < 1.29 is 13.6 Å². The van der Waals surface area contributed by atoms with Crippen LogP contribution in [0.4, 0.5) is 9.52 Å². The molecule has 1 saturated carbocycles. The molecular formula is C19H19FN2O2S. The van der Waals surface area contributed by atoms with Crippen LogP contribution in [0, 0.1) is 11.7 Å². The Morgan fingerprint density at radius 1 is 1.28 bits per heavy atom. The van der Waals surface area contributed by atoms with Crippen molar-refractivity contribution >= 4 is 32.6 Å². The Morgan fingerprint density at radius 3 is 2.88 bits per heavy atom. The maximum atomic E-state index is 13.5. The van der Waals surface area contributed by atoms with E-state index >= 15 is 0 Å². The summed E-state index contributed by atoms with van der Waals surface area (Å²) in [7, 11) is 0. The molecule has 0 aliphatic heterocycles. The van der Waals surface area contributed by atoms with Gasteiger partial charge in [-0.1, -0.05) is 30.6 Å². The number of hydrogen-bond acceptors (Lipinski definition) is 4. The SMILES string of the molecule is O=C(C1CCCCC1)N(Cc1ccco1)c1nc2ccc(F)cc2s1. The number of carbonyl (C=O) groups excluding carboxylic acids is 1. The van der Waals surface area contributed by atoms with E-state index in [0.717, 1.165) is 36.1 Å². The quantitative estimate of drug-likeness (QED) is 0.648. The first-order valence-electron chi connectivity index (χ1n) is 8.60. The Hall–Kier alpha value is -2.21. The van der Waals surface area contributed by atoms with E-state index < -0.39 is 0 Å². The van der Waals surface area contributed by atoms with Crippen molar-refractivity contribution in [2.45, 2.75) is 38.6 Å². The van der Waals surface area contributed by atoms with Crippen LogP contribution in [0.2, 0.25) is 0 Å². The van der Waals surface area contributed by atoms with Gasteiger partial charge in [-0.2, -0.15) is 0 Å². The molecule has 1 aliphatic carbocycles. The first-order valence-corrected chi connectivity index (χ1v) is 9.42. The van der Waals surface area contributed by atoms with E-state index in [1.54, 1.807) is 17.2 Å². The summed E-state index contributed by atoms with van der Waals surface area (Å²) < 4.78 is 19.7. The molecule has 0 unspecified atom stereocenters. The average Bonchev–Trinajstić information content (AvgIpc) is 3.28. The topological polar surface area (TPSA) is 46.3 Å². The van der Waals surface area contributed by atoms with E-state index in [1.807, 2.05) is 12.1 Å². The van der Waals surface area contributed by atoms with Crippen LogP contribution in [0.3, 0.4) is 0 Å². The smallest absolute Gasteiger partial charge is 0.232 e. The molecule has 130 valence electrons. The zero-order chi connectivity index (χ0) is 17.2. The fourth-order valence-electron chi connectivity index (χ4n) is 3.37. The molecule has 1 aromatic carbocycles. The lowest BCUT2D eigenvalue weighted by atomic mass is 9.88. The lowest BCUT2D eigenvalue weighted by molar-refractivity contribution is -0.123. The van der Waals surface area contributed by atoms with Gasteiger partial charge in [0.1, 0.15) is 11.6 Å². The lowest BCUT2D eigenvalue weighted by Crippen LogP contribution is -2.36. The highest BCUT2D eigenvalue weighted by atomic mass is 32.1. The maximum absolute atomic E-state index is 13.5. The van der Waals surface area contributed by atoms with Crippen LogP contribution in [-0.2, 0) is 11.3 Å². The van der Waals surface area contributed by atoms with Crippen molar-refractivity contribution in [3.63, 3.8) is 0 Å². The molecule has 4 rings (SSSR count). The third kappa shape index (κ3) is 3.44. The molecule has 1 fully saturated rings. The fourth-order valence-corrected chi connectivity index (χ4v) is 4.37. The number of anilines is 1. The van der Waals surface area contributed by atoms with Crippen molar-refractivity contribution in [1.29, 1.82) is 0 Å². The first-order chi connectivity index (χ1) is 12.2. The molecule has 25 heavy (non-hydrogen) atoms. The summed E-state index contributed by atoms with van der Waals surface area (Å²) >= 11 is 1.35. The standard InChI is InChI=1S/C19H19FN2O2S/c20-14-8-9-16-17(11-14)25-19(21-16)22(12-15-7-4-10-24-15)18(23)13-5-2-1-3-6-13/h4,7-11,13H,1-3,5-6,12H2. The minimum Gasteiger partial charge on any atom is -0.467 e. The van der Waals surface area contributed by atoms with Crippen LogP contribution in [0.5, 0.6) is 0 Å². The Labute approximate surface area is 149 Å². The monoisotopic (exact) mass is 358 g/mol. The number of aromatic nitrogens is 1. The van der Waals surface area contributed by atoms with E-state index in [9.17, 15) is 9.18 Å². The summed E-state index contributed by atoms with van der Waals surface area (Å²) in [5.74, 6) is 0.552. The van der Waals surface area contributed by atoms with Crippen molar-refractivity contribution in [2.75, 3.05) is 4.90 Å². The predicted molar refractivity (Wildman–Crippen MR) is 96.1 cm³/mol. The van der Waals surface area contributed by atoms with E-state index in [2.05, 4.69) is 4.98 Å². The van der Waals surface area contributed by atoms with Crippen molar-refractivity contribution in [1.82, 2.24) is 4.98 Å². The molecule has 1 aliphatic rings. The van der Waals surface area contributed by atoms with Crippen LogP contribution in [0.25, 0.3) is 10.2 Å². The molecule has 4 nitrogen and oxygen atoms in total. The number of rotatable bonds is 4. The van der Waals surface area contributed by atoms with Gasteiger partial charge < -0.3 is 4.42 Å².